The Morgan fingerprint density at radius 2 is 1.69 bits per heavy atom. The minimum absolute atomic E-state index is 0.0728. The van der Waals surface area contributed by atoms with Crippen molar-refractivity contribution in [1.82, 2.24) is 20.3 Å². The fraction of sp³-hybridized carbons (Fsp3) is 0.143. The normalized spacial score (nSPS) is 14.8. The zero-order valence-electron chi connectivity index (χ0n) is 19.4. The largest absolute Gasteiger partial charge is 0.354 e. The molecule has 0 spiro atoms. The van der Waals surface area contributed by atoms with Crippen LogP contribution in [0.25, 0.3) is 21.6 Å². The Morgan fingerprint density at radius 3 is 2.44 bits per heavy atom. The first-order valence-electron chi connectivity index (χ1n) is 11.6. The number of rotatable bonds is 4. The van der Waals surface area contributed by atoms with Crippen molar-refractivity contribution in [3.8, 4) is 11.3 Å². The van der Waals surface area contributed by atoms with Gasteiger partial charge < -0.3 is 10.2 Å². The van der Waals surface area contributed by atoms with Gasteiger partial charge in [0.15, 0.2) is 0 Å². The van der Waals surface area contributed by atoms with Crippen molar-refractivity contribution in [3.05, 3.63) is 108 Å². The van der Waals surface area contributed by atoms with Crippen LogP contribution in [0.5, 0.6) is 0 Å². The number of hydrogen-bond acceptors (Lipinski definition) is 6. The molecule has 0 aliphatic carbocycles. The van der Waals surface area contributed by atoms with E-state index in [2.05, 4.69) is 20.2 Å². The highest BCUT2D eigenvalue weighted by Crippen LogP contribution is 2.23. The summed E-state index contributed by atoms with van der Waals surface area (Å²) in [5.74, 6) is 0.616. The van der Waals surface area contributed by atoms with Crippen LogP contribution in [0.4, 0.5) is 10.2 Å². The zero-order valence-corrected chi connectivity index (χ0v) is 20.2. The van der Waals surface area contributed by atoms with Gasteiger partial charge in [-0.05, 0) is 42.8 Å². The third kappa shape index (κ3) is 5.72. The zero-order chi connectivity index (χ0) is 24.7. The van der Waals surface area contributed by atoms with Gasteiger partial charge >= 0.3 is 0 Å². The number of aromatic nitrogens is 3. The van der Waals surface area contributed by atoms with Crippen LogP contribution in [-0.2, 0) is 0 Å². The highest BCUT2D eigenvalue weighted by molar-refractivity contribution is 7.16. The fourth-order valence-corrected chi connectivity index (χ4v) is 4.66. The molecule has 180 valence electrons. The number of benzene rings is 2. The molecule has 0 unspecified atom stereocenters. The van der Waals surface area contributed by atoms with Gasteiger partial charge in [-0.1, -0.05) is 54.6 Å². The highest BCUT2D eigenvalue weighted by atomic mass is 32.1. The molecule has 0 bridgehead atoms. The first-order valence-corrected chi connectivity index (χ1v) is 12.5. The Kier molecular flexibility index (Phi) is 7.23. The number of halogens is 1. The minimum Gasteiger partial charge on any atom is -0.354 e. The molecule has 2 aromatic carbocycles. The lowest BCUT2D eigenvalue weighted by Gasteiger charge is -2.18. The molecule has 1 amide bonds. The van der Waals surface area contributed by atoms with Crippen LogP contribution in [0.3, 0.4) is 0 Å². The predicted molar refractivity (Wildman–Crippen MR) is 142 cm³/mol. The third-order valence-electron chi connectivity index (χ3n) is 5.81. The quantitative estimate of drug-likeness (QED) is 0.351. The summed E-state index contributed by atoms with van der Waals surface area (Å²) in [6.45, 7) is 1.60. The smallest absolute Gasteiger partial charge is 0.270 e. The van der Waals surface area contributed by atoms with E-state index < -0.39 is 0 Å². The molecule has 4 heterocycles. The molecule has 8 heteroatoms. The van der Waals surface area contributed by atoms with Crippen LogP contribution in [0.2, 0.25) is 0 Å². The summed E-state index contributed by atoms with van der Waals surface area (Å²) in [7, 11) is 0. The molecule has 1 N–H and O–H groups in total. The number of fused-ring (bicyclic) bond motifs is 1. The summed E-state index contributed by atoms with van der Waals surface area (Å²) >= 11 is 1.54. The SMILES string of the molecule is Fc1ccccc1.O=C(N[C@H]1CCN(c2ccc3ncsc3n2)C1)c1cccc(-c2ccccc2)n1. The van der Waals surface area contributed by atoms with Crippen molar-refractivity contribution < 1.29 is 9.18 Å². The number of nitrogens with one attached hydrogen (secondary N) is 1. The average molecular weight is 498 g/mol. The van der Waals surface area contributed by atoms with Gasteiger partial charge in [-0.15, -0.1) is 11.3 Å². The third-order valence-corrected chi connectivity index (χ3v) is 6.55. The van der Waals surface area contributed by atoms with E-state index in [9.17, 15) is 9.18 Å². The number of pyridine rings is 2. The molecule has 6 rings (SSSR count). The standard InChI is InChI=1S/C22H19N5OS.C6H5F/c28-21(18-8-4-7-17(25-18)15-5-2-1-3-6-15)24-16-11-12-27(13-16)20-10-9-19-22(26-20)29-14-23-19;7-6-4-2-1-3-5-6/h1-10,14,16H,11-13H2,(H,24,28);1-5H/t16-;/m0./s1. The van der Waals surface area contributed by atoms with Gasteiger partial charge in [0, 0.05) is 24.7 Å². The van der Waals surface area contributed by atoms with Gasteiger partial charge in [0.1, 0.15) is 27.7 Å². The van der Waals surface area contributed by atoms with Gasteiger partial charge in [0.25, 0.3) is 5.91 Å². The summed E-state index contributed by atoms with van der Waals surface area (Å²) in [5, 5.41) is 3.13. The van der Waals surface area contributed by atoms with Crippen molar-refractivity contribution in [1.29, 1.82) is 0 Å². The number of amides is 1. The lowest BCUT2D eigenvalue weighted by atomic mass is 10.1. The van der Waals surface area contributed by atoms with Gasteiger partial charge in [0.05, 0.1) is 11.2 Å². The molecule has 6 nitrogen and oxygen atoms in total. The topological polar surface area (TPSA) is 71.0 Å². The number of carbonyl (C=O) groups excluding carboxylic acids is 1. The lowest BCUT2D eigenvalue weighted by Crippen LogP contribution is -2.37. The van der Waals surface area contributed by atoms with Crippen molar-refractivity contribution >= 4 is 33.4 Å². The molecule has 1 aliphatic heterocycles. The second kappa shape index (κ2) is 11.0. The van der Waals surface area contributed by atoms with Gasteiger partial charge in [0.2, 0.25) is 0 Å². The van der Waals surface area contributed by atoms with Crippen molar-refractivity contribution in [2.75, 3.05) is 18.0 Å². The first-order chi connectivity index (χ1) is 17.7. The highest BCUT2D eigenvalue weighted by Gasteiger charge is 2.26. The Balaban J connectivity index is 0.000000330. The number of nitrogens with zero attached hydrogens (tertiary/aromatic N) is 4. The van der Waals surface area contributed by atoms with E-state index in [1.165, 1.54) is 12.1 Å². The Labute approximate surface area is 212 Å². The van der Waals surface area contributed by atoms with Crippen molar-refractivity contribution in [3.63, 3.8) is 0 Å². The molecule has 1 aliphatic rings. The lowest BCUT2D eigenvalue weighted by molar-refractivity contribution is 0.0935. The first kappa shape index (κ1) is 23.6. The van der Waals surface area contributed by atoms with E-state index >= 15 is 0 Å². The second-order valence-electron chi connectivity index (χ2n) is 8.32. The minimum atomic E-state index is -0.178. The molecule has 0 radical (unpaired) electrons. The van der Waals surface area contributed by atoms with Crippen LogP contribution in [0, 0.1) is 5.82 Å². The molecule has 0 saturated carbocycles. The van der Waals surface area contributed by atoms with Gasteiger partial charge in [-0.3, -0.25) is 4.79 Å². The van der Waals surface area contributed by atoms with E-state index in [1.54, 1.807) is 35.6 Å². The molecule has 3 aromatic heterocycles. The van der Waals surface area contributed by atoms with E-state index in [0.717, 1.165) is 46.9 Å². The second-order valence-corrected chi connectivity index (χ2v) is 9.15. The monoisotopic (exact) mass is 497 g/mol. The summed E-state index contributed by atoms with van der Waals surface area (Å²) < 4.78 is 11.9. The summed E-state index contributed by atoms with van der Waals surface area (Å²) in [6, 6.07) is 27.4. The van der Waals surface area contributed by atoms with Crippen LogP contribution in [0.1, 0.15) is 16.9 Å². The maximum absolute atomic E-state index is 12.8. The molecule has 1 fully saturated rings. The fourth-order valence-electron chi connectivity index (χ4n) is 4.01. The average Bonchev–Trinajstić information content (AvgIpc) is 3.59. The number of thiazole rings is 1. The van der Waals surface area contributed by atoms with Gasteiger partial charge in [-0.25, -0.2) is 19.3 Å². The van der Waals surface area contributed by atoms with Crippen molar-refractivity contribution in [2.24, 2.45) is 0 Å². The molecule has 36 heavy (non-hydrogen) atoms. The number of carbonyl (C=O) groups is 1. The number of anilines is 1. The van der Waals surface area contributed by atoms with Gasteiger partial charge in [-0.2, -0.15) is 0 Å². The van der Waals surface area contributed by atoms with E-state index in [-0.39, 0.29) is 17.8 Å². The Bertz CT molecular complexity index is 1440. The Morgan fingerprint density at radius 1 is 0.917 bits per heavy atom. The molecule has 5 aromatic rings. The molecule has 1 saturated heterocycles. The van der Waals surface area contributed by atoms with E-state index in [0.29, 0.717) is 5.69 Å². The summed E-state index contributed by atoms with van der Waals surface area (Å²) in [6.07, 6.45) is 0.881. The maximum atomic E-state index is 12.8. The molecular weight excluding hydrogens is 473 g/mol. The van der Waals surface area contributed by atoms with E-state index in [4.69, 9.17) is 4.98 Å². The number of hydrogen-bond donors (Lipinski definition) is 1. The van der Waals surface area contributed by atoms with Crippen molar-refractivity contribution in [2.45, 2.75) is 12.5 Å². The van der Waals surface area contributed by atoms with Crippen LogP contribution in [-0.4, -0.2) is 40.0 Å². The van der Waals surface area contributed by atoms with Crippen LogP contribution < -0.4 is 10.2 Å². The maximum Gasteiger partial charge on any atom is 0.270 e. The predicted octanol–water partition coefficient (Wildman–Crippen LogP) is 5.59. The summed E-state index contributed by atoms with van der Waals surface area (Å²) in [4.78, 5) is 29.4. The summed E-state index contributed by atoms with van der Waals surface area (Å²) in [5.41, 5.74) is 4.97. The Hall–Kier alpha value is -4.17. The van der Waals surface area contributed by atoms with Crippen LogP contribution >= 0.6 is 11.3 Å². The molecular formula is C28H24FN5OS. The molecule has 1 atom stereocenters. The van der Waals surface area contributed by atoms with Crippen LogP contribution in [0.15, 0.2) is 96.5 Å². The van der Waals surface area contributed by atoms with E-state index in [1.807, 2.05) is 60.1 Å².